The van der Waals surface area contributed by atoms with Crippen molar-refractivity contribution in [2.45, 2.75) is 17.3 Å². The molecule has 0 amide bonds. The van der Waals surface area contributed by atoms with Gasteiger partial charge in [-0.05, 0) is 35.4 Å². The minimum Gasteiger partial charge on any atom is -0.392 e. The number of aliphatic hydroxyl groups excluding tert-OH is 1. The van der Waals surface area contributed by atoms with E-state index in [1.165, 1.54) is 23.9 Å². The lowest BCUT2D eigenvalue weighted by Gasteiger charge is -2.08. The summed E-state index contributed by atoms with van der Waals surface area (Å²) in [6.45, 7) is -0.164. The van der Waals surface area contributed by atoms with E-state index >= 15 is 0 Å². The van der Waals surface area contributed by atoms with Crippen LogP contribution in [0.15, 0.2) is 47.4 Å². The second-order valence-corrected chi connectivity index (χ2v) is 5.21. The Balaban J connectivity index is 2.13. The fraction of sp³-hybridized carbons (Fsp3) is 0.143. The fourth-order valence-corrected chi connectivity index (χ4v) is 2.90. The molecule has 0 bridgehead atoms. The molecule has 0 atom stereocenters. The van der Waals surface area contributed by atoms with Gasteiger partial charge in [0.1, 0.15) is 5.82 Å². The topological polar surface area (TPSA) is 20.2 Å². The summed E-state index contributed by atoms with van der Waals surface area (Å²) in [6.07, 6.45) is 0. The van der Waals surface area contributed by atoms with Crippen LogP contribution in [0.2, 0.25) is 5.02 Å². The number of benzene rings is 2. The normalized spacial score (nSPS) is 10.6. The molecule has 2 aromatic rings. The summed E-state index contributed by atoms with van der Waals surface area (Å²) in [4.78, 5) is 0.874. The highest BCUT2D eigenvalue weighted by molar-refractivity contribution is 7.98. The van der Waals surface area contributed by atoms with E-state index in [4.69, 9.17) is 11.6 Å². The van der Waals surface area contributed by atoms with Gasteiger partial charge in [0, 0.05) is 15.7 Å². The number of halogens is 2. The maximum Gasteiger partial charge on any atom is 0.123 e. The largest absolute Gasteiger partial charge is 0.392 e. The monoisotopic (exact) mass is 282 g/mol. The molecule has 0 aliphatic carbocycles. The van der Waals surface area contributed by atoms with Crippen LogP contribution in [-0.2, 0) is 12.4 Å². The van der Waals surface area contributed by atoms with Gasteiger partial charge in [-0.15, -0.1) is 11.8 Å². The van der Waals surface area contributed by atoms with Gasteiger partial charge in [-0.3, -0.25) is 0 Å². The van der Waals surface area contributed by atoms with Gasteiger partial charge < -0.3 is 5.11 Å². The van der Waals surface area contributed by atoms with Gasteiger partial charge in [0.25, 0.3) is 0 Å². The molecule has 4 heteroatoms. The van der Waals surface area contributed by atoms with Crippen molar-refractivity contribution >= 4 is 23.4 Å². The van der Waals surface area contributed by atoms with Crippen molar-refractivity contribution in [3.8, 4) is 0 Å². The minimum atomic E-state index is -0.332. The first-order valence-corrected chi connectivity index (χ1v) is 6.82. The van der Waals surface area contributed by atoms with Gasteiger partial charge in [-0.25, -0.2) is 4.39 Å². The van der Waals surface area contributed by atoms with Crippen LogP contribution in [0.5, 0.6) is 0 Å². The molecule has 18 heavy (non-hydrogen) atoms. The fourth-order valence-electron chi connectivity index (χ4n) is 1.58. The van der Waals surface area contributed by atoms with E-state index in [0.717, 1.165) is 15.5 Å². The molecule has 0 radical (unpaired) electrons. The van der Waals surface area contributed by atoms with E-state index in [1.54, 1.807) is 6.07 Å². The zero-order valence-corrected chi connectivity index (χ0v) is 11.1. The van der Waals surface area contributed by atoms with E-state index in [1.807, 2.05) is 24.3 Å². The van der Waals surface area contributed by atoms with Gasteiger partial charge >= 0.3 is 0 Å². The number of thioether (sulfide) groups is 1. The predicted octanol–water partition coefficient (Wildman–Crippen LogP) is 4.26. The number of hydrogen-bond donors (Lipinski definition) is 1. The van der Waals surface area contributed by atoms with Crippen LogP contribution >= 0.6 is 23.4 Å². The molecule has 1 nitrogen and oxygen atoms in total. The number of rotatable bonds is 4. The molecule has 0 saturated carbocycles. The van der Waals surface area contributed by atoms with E-state index in [2.05, 4.69) is 0 Å². The second-order valence-electron chi connectivity index (χ2n) is 3.79. The van der Waals surface area contributed by atoms with Gasteiger partial charge in [0.05, 0.1) is 6.61 Å². The maximum absolute atomic E-state index is 13.0. The maximum atomic E-state index is 13.0. The lowest BCUT2D eigenvalue weighted by Crippen LogP contribution is -1.90. The molecule has 0 fully saturated rings. The highest BCUT2D eigenvalue weighted by atomic mass is 35.5. The van der Waals surface area contributed by atoms with Crippen molar-refractivity contribution in [1.29, 1.82) is 0 Å². The first kappa shape index (κ1) is 13.4. The molecule has 0 heterocycles. The smallest absolute Gasteiger partial charge is 0.123 e. The summed E-state index contributed by atoms with van der Waals surface area (Å²) >= 11 is 7.60. The van der Waals surface area contributed by atoms with E-state index in [-0.39, 0.29) is 12.4 Å². The lowest BCUT2D eigenvalue weighted by atomic mass is 10.2. The summed E-state index contributed by atoms with van der Waals surface area (Å²) in [5.41, 5.74) is 1.63. The van der Waals surface area contributed by atoms with Gasteiger partial charge in [-0.2, -0.15) is 0 Å². The van der Waals surface area contributed by atoms with Crippen LogP contribution < -0.4 is 0 Å². The van der Waals surface area contributed by atoms with Crippen molar-refractivity contribution in [3.63, 3.8) is 0 Å². The molecule has 0 aromatic heterocycles. The third-order valence-corrected chi connectivity index (χ3v) is 4.07. The highest BCUT2D eigenvalue weighted by Gasteiger charge is 2.06. The van der Waals surface area contributed by atoms with Crippen molar-refractivity contribution in [1.82, 2.24) is 0 Å². The Morgan fingerprint density at radius 2 is 1.89 bits per heavy atom. The average molecular weight is 283 g/mol. The first-order chi connectivity index (χ1) is 8.70. The molecule has 0 unspecified atom stereocenters. The highest BCUT2D eigenvalue weighted by Crippen LogP contribution is 2.29. The van der Waals surface area contributed by atoms with Crippen molar-refractivity contribution in [2.24, 2.45) is 0 Å². The van der Waals surface area contributed by atoms with Gasteiger partial charge in [0.15, 0.2) is 0 Å². The summed E-state index contributed by atoms with van der Waals surface area (Å²) in [7, 11) is 0. The molecular weight excluding hydrogens is 271 g/mol. The molecule has 2 aromatic carbocycles. The van der Waals surface area contributed by atoms with Gasteiger partial charge in [0.2, 0.25) is 0 Å². The predicted molar refractivity (Wildman–Crippen MR) is 73.3 cm³/mol. The van der Waals surface area contributed by atoms with Crippen LogP contribution in [0, 0.1) is 5.82 Å². The Morgan fingerprint density at radius 3 is 2.61 bits per heavy atom. The van der Waals surface area contributed by atoms with Gasteiger partial charge in [-0.1, -0.05) is 29.8 Å². The Morgan fingerprint density at radius 1 is 1.11 bits per heavy atom. The molecule has 2 rings (SSSR count). The zero-order valence-electron chi connectivity index (χ0n) is 9.57. The number of aliphatic hydroxyl groups is 1. The van der Waals surface area contributed by atoms with Crippen molar-refractivity contribution in [3.05, 3.63) is 64.4 Å². The lowest BCUT2D eigenvalue weighted by molar-refractivity contribution is 0.278. The Bertz CT molecular complexity index is 545. The van der Waals surface area contributed by atoms with Crippen LogP contribution in [0.4, 0.5) is 4.39 Å². The third kappa shape index (κ3) is 3.25. The Hall–Kier alpha value is -1.03. The van der Waals surface area contributed by atoms with E-state index < -0.39 is 0 Å². The molecule has 0 spiro atoms. The second kappa shape index (κ2) is 6.23. The van der Waals surface area contributed by atoms with Crippen LogP contribution in [0.1, 0.15) is 11.1 Å². The van der Waals surface area contributed by atoms with E-state index in [9.17, 15) is 9.50 Å². The molecule has 0 saturated heterocycles. The van der Waals surface area contributed by atoms with Crippen LogP contribution in [0.3, 0.4) is 0 Å². The van der Waals surface area contributed by atoms with Crippen molar-refractivity contribution in [2.75, 3.05) is 0 Å². The molecule has 0 aliphatic rings. The summed E-state index contributed by atoms with van der Waals surface area (Å²) in [5.74, 6) is 0.360. The SMILES string of the molecule is OCc1cc(F)ccc1SCc1ccccc1Cl. The molecule has 94 valence electrons. The Labute approximate surface area is 115 Å². The molecule has 1 N–H and O–H groups in total. The quantitative estimate of drug-likeness (QED) is 0.846. The average Bonchev–Trinajstić information content (AvgIpc) is 2.39. The minimum absolute atomic E-state index is 0.164. The molecule has 0 aliphatic heterocycles. The summed E-state index contributed by atoms with van der Waals surface area (Å²) in [6, 6.07) is 12.0. The zero-order chi connectivity index (χ0) is 13.0. The van der Waals surface area contributed by atoms with Crippen LogP contribution in [0.25, 0.3) is 0 Å². The van der Waals surface area contributed by atoms with E-state index in [0.29, 0.717) is 11.3 Å². The van der Waals surface area contributed by atoms with Crippen molar-refractivity contribution < 1.29 is 9.50 Å². The first-order valence-electron chi connectivity index (χ1n) is 5.46. The Kier molecular flexibility index (Phi) is 4.64. The molecular formula is C14H12ClFOS. The van der Waals surface area contributed by atoms with Crippen LogP contribution in [-0.4, -0.2) is 5.11 Å². The summed E-state index contributed by atoms with van der Waals surface area (Å²) in [5, 5.41) is 9.91. The number of hydrogen-bond acceptors (Lipinski definition) is 2. The summed E-state index contributed by atoms with van der Waals surface area (Å²) < 4.78 is 13.0. The standard InChI is InChI=1S/C14H12ClFOS/c15-13-4-2-1-3-10(13)9-18-14-6-5-12(16)7-11(14)8-17/h1-7,17H,8-9H2. The third-order valence-electron chi connectivity index (χ3n) is 2.53.